The van der Waals surface area contributed by atoms with E-state index in [0.29, 0.717) is 0 Å². The maximum atomic E-state index is 3.47. The van der Waals surface area contributed by atoms with Crippen LogP contribution in [0.4, 0.5) is 0 Å². The van der Waals surface area contributed by atoms with Gasteiger partial charge in [0.1, 0.15) is 0 Å². The Kier molecular flexibility index (Phi) is 5.30. The lowest BCUT2D eigenvalue weighted by molar-refractivity contribution is 0.0913. The van der Waals surface area contributed by atoms with Crippen LogP contribution in [-0.4, -0.2) is 37.1 Å². The van der Waals surface area contributed by atoms with Crippen molar-refractivity contribution in [3.05, 3.63) is 0 Å². The zero-order valence-corrected chi connectivity index (χ0v) is 11.8. The molecule has 2 atom stereocenters. The van der Waals surface area contributed by atoms with E-state index >= 15 is 0 Å². The molecule has 1 heterocycles. The maximum Gasteiger partial charge on any atom is 0.0114 e. The summed E-state index contributed by atoms with van der Waals surface area (Å²) in [5.41, 5.74) is 0. The molecule has 0 aromatic heterocycles. The molecular formula is C15H30N2. The summed E-state index contributed by atoms with van der Waals surface area (Å²) >= 11 is 0. The highest BCUT2D eigenvalue weighted by Crippen LogP contribution is 2.26. The van der Waals surface area contributed by atoms with Gasteiger partial charge in [-0.15, -0.1) is 0 Å². The van der Waals surface area contributed by atoms with Crippen molar-refractivity contribution in [3.63, 3.8) is 0 Å². The lowest BCUT2D eigenvalue weighted by atomic mass is 9.89. The van der Waals surface area contributed by atoms with Crippen molar-refractivity contribution >= 4 is 0 Å². The van der Waals surface area contributed by atoms with Gasteiger partial charge in [-0.2, -0.15) is 0 Å². The van der Waals surface area contributed by atoms with Crippen LogP contribution in [0.5, 0.6) is 0 Å². The topological polar surface area (TPSA) is 15.3 Å². The van der Waals surface area contributed by atoms with Crippen LogP contribution < -0.4 is 5.32 Å². The third-order valence-corrected chi connectivity index (χ3v) is 4.90. The Morgan fingerprint density at radius 2 is 1.59 bits per heavy atom. The molecule has 1 saturated carbocycles. The molecule has 2 heteroatoms. The van der Waals surface area contributed by atoms with E-state index in [-0.39, 0.29) is 0 Å². The summed E-state index contributed by atoms with van der Waals surface area (Å²) in [4.78, 5) is 2.80. The van der Waals surface area contributed by atoms with Crippen LogP contribution in [0.15, 0.2) is 0 Å². The molecule has 17 heavy (non-hydrogen) atoms. The van der Waals surface area contributed by atoms with Crippen molar-refractivity contribution in [2.24, 2.45) is 5.92 Å². The molecule has 2 rings (SSSR count). The quantitative estimate of drug-likeness (QED) is 0.795. The molecule has 1 aliphatic heterocycles. The molecule has 2 nitrogen and oxygen atoms in total. The number of nitrogens with zero attached hydrogens (tertiary/aromatic N) is 1. The lowest BCUT2D eigenvalue weighted by Crippen LogP contribution is -2.50. The predicted molar refractivity (Wildman–Crippen MR) is 74.3 cm³/mol. The van der Waals surface area contributed by atoms with Crippen molar-refractivity contribution in [3.8, 4) is 0 Å². The Bertz CT molecular complexity index is 209. The minimum atomic E-state index is 0.750. The Morgan fingerprint density at radius 3 is 2.18 bits per heavy atom. The molecule has 100 valence electrons. The zero-order valence-electron chi connectivity index (χ0n) is 11.8. The molecule has 0 spiro atoms. The van der Waals surface area contributed by atoms with E-state index in [1.165, 1.54) is 64.5 Å². The van der Waals surface area contributed by atoms with Gasteiger partial charge in [-0.05, 0) is 38.8 Å². The van der Waals surface area contributed by atoms with Gasteiger partial charge in [-0.25, -0.2) is 0 Å². The first-order valence-electron chi connectivity index (χ1n) is 7.72. The predicted octanol–water partition coefficient (Wildman–Crippen LogP) is 3.03. The Hall–Kier alpha value is -0.0800. The zero-order chi connectivity index (χ0) is 12.1. The summed E-state index contributed by atoms with van der Waals surface area (Å²) in [7, 11) is 2.12. The molecular weight excluding hydrogens is 208 g/mol. The Labute approximate surface area is 107 Å². The van der Waals surface area contributed by atoms with Gasteiger partial charge in [0.15, 0.2) is 0 Å². The van der Waals surface area contributed by atoms with E-state index in [9.17, 15) is 0 Å². The summed E-state index contributed by atoms with van der Waals surface area (Å²) < 4.78 is 0. The van der Waals surface area contributed by atoms with Crippen LogP contribution >= 0.6 is 0 Å². The molecule has 0 aromatic carbocycles. The van der Waals surface area contributed by atoms with Gasteiger partial charge in [0.25, 0.3) is 0 Å². The molecule has 1 saturated heterocycles. The molecule has 0 amide bonds. The van der Waals surface area contributed by atoms with Crippen LogP contribution in [0.2, 0.25) is 0 Å². The SMILES string of the molecule is CNC1CCN(C2CCCCCCC2)CC1C. The lowest BCUT2D eigenvalue weighted by Gasteiger charge is -2.41. The van der Waals surface area contributed by atoms with E-state index in [0.717, 1.165) is 18.0 Å². The standard InChI is InChI=1S/C15H30N2/c1-13-12-17(11-10-15(13)16-2)14-8-6-4-3-5-7-9-14/h13-16H,3-12H2,1-2H3. The molecule has 0 radical (unpaired) electrons. The number of hydrogen-bond donors (Lipinski definition) is 1. The highest BCUT2D eigenvalue weighted by atomic mass is 15.2. The molecule has 2 aliphatic rings. The fourth-order valence-corrected chi connectivity index (χ4v) is 3.74. The van der Waals surface area contributed by atoms with Crippen molar-refractivity contribution in [2.45, 2.75) is 70.4 Å². The van der Waals surface area contributed by atoms with Crippen LogP contribution in [0.1, 0.15) is 58.3 Å². The third-order valence-electron chi connectivity index (χ3n) is 4.90. The Morgan fingerprint density at radius 1 is 0.941 bits per heavy atom. The first-order valence-corrected chi connectivity index (χ1v) is 7.72. The van der Waals surface area contributed by atoms with Gasteiger partial charge < -0.3 is 10.2 Å². The van der Waals surface area contributed by atoms with Crippen molar-refractivity contribution in [1.29, 1.82) is 0 Å². The summed E-state index contributed by atoms with van der Waals surface area (Å²) in [5.74, 6) is 0.819. The second-order valence-corrected chi connectivity index (χ2v) is 6.16. The van der Waals surface area contributed by atoms with Gasteiger partial charge >= 0.3 is 0 Å². The maximum absolute atomic E-state index is 3.47. The van der Waals surface area contributed by atoms with E-state index < -0.39 is 0 Å². The average molecular weight is 238 g/mol. The normalized spacial score (nSPS) is 34.2. The van der Waals surface area contributed by atoms with Crippen molar-refractivity contribution in [2.75, 3.05) is 20.1 Å². The highest BCUT2D eigenvalue weighted by molar-refractivity contribution is 4.85. The summed E-state index contributed by atoms with van der Waals surface area (Å²) in [6.45, 7) is 5.05. The average Bonchev–Trinajstić information content (AvgIpc) is 2.28. The number of likely N-dealkylation sites (tertiary alicyclic amines) is 1. The van der Waals surface area contributed by atoms with Gasteiger partial charge in [0.2, 0.25) is 0 Å². The monoisotopic (exact) mass is 238 g/mol. The van der Waals surface area contributed by atoms with Crippen LogP contribution in [0, 0.1) is 5.92 Å². The molecule has 1 N–H and O–H groups in total. The third kappa shape index (κ3) is 3.69. The minimum Gasteiger partial charge on any atom is -0.317 e. The molecule has 1 aliphatic carbocycles. The van der Waals surface area contributed by atoms with Crippen LogP contribution in [0.3, 0.4) is 0 Å². The van der Waals surface area contributed by atoms with E-state index in [1.807, 2.05) is 0 Å². The summed E-state index contributed by atoms with van der Waals surface area (Å²) in [6.07, 6.45) is 11.6. The minimum absolute atomic E-state index is 0.750. The van der Waals surface area contributed by atoms with Gasteiger partial charge in [0.05, 0.1) is 0 Å². The first kappa shape index (κ1) is 13.4. The van der Waals surface area contributed by atoms with Crippen LogP contribution in [-0.2, 0) is 0 Å². The molecule has 2 unspecified atom stereocenters. The van der Waals surface area contributed by atoms with Crippen molar-refractivity contribution < 1.29 is 0 Å². The van der Waals surface area contributed by atoms with E-state index in [2.05, 4.69) is 24.2 Å². The first-order chi connectivity index (χ1) is 8.31. The second-order valence-electron chi connectivity index (χ2n) is 6.16. The molecule has 2 fully saturated rings. The summed E-state index contributed by atoms with van der Waals surface area (Å²) in [5, 5.41) is 3.47. The Balaban J connectivity index is 1.84. The fourth-order valence-electron chi connectivity index (χ4n) is 3.74. The number of hydrogen-bond acceptors (Lipinski definition) is 2. The highest BCUT2D eigenvalue weighted by Gasteiger charge is 2.28. The number of rotatable bonds is 2. The van der Waals surface area contributed by atoms with E-state index in [1.54, 1.807) is 0 Å². The van der Waals surface area contributed by atoms with E-state index in [4.69, 9.17) is 0 Å². The van der Waals surface area contributed by atoms with Crippen LogP contribution in [0.25, 0.3) is 0 Å². The molecule has 0 bridgehead atoms. The van der Waals surface area contributed by atoms with Gasteiger partial charge in [-0.3, -0.25) is 0 Å². The molecule has 0 aromatic rings. The summed E-state index contributed by atoms with van der Waals surface area (Å²) in [6, 6.07) is 1.65. The fraction of sp³-hybridized carbons (Fsp3) is 1.00. The van der Waals surface area contributed by atoms with Crippen molar-refractivity contribution in [1.82, 2.24) is 10.2 Å². The number of piperidine rings is 1. The second kappa shape index (κ2) is 6.75. The van der Waals surface area contributed by atoms with Gasteiger partial charge in [0, 0.05) is 18.6 Å². The smallest absolute Gasteiger partial charge is 0.0114 e. The van der Waals surface area contributed by atoms with Gasteiger partial charge in [-0.1, -0.05) is 39.0 Å². The largest absolute Gasteiger partial charge is 0.317 e. The number of nitrogens with one attached hydrogen (secondary N) is 1.